The summed E-state index contributed by atoms with van der Waals surface area (Å²) in [5.74, 6) is -0.459. The van der Waals surface area contributed by atoms with Gasteiger partial charge in [-0.05, 0) is 31.5 Å². The van der Waals surface area contributed by atoms with Crippen molar-refractivity contribution >= 4 is 5.91 Å². The third-order valence-corrected chi connectivity index (χ3v) is 3.89. The quantitative estimate of drug-likeness (QED) is 0.871. The second-order valence-corrected chi connectivity index (χ2v) is 5.65. The van der Waals surface area contributed by atoms with Gasteiger partial charge in [-0.3, -0.25) is 4.79 Å². The van der Waals surface area contributed by atoms with Gasteiger partial charge in [-0.15, -0.1) is 0 Å². The Kier molecular flexibility index (Phi) is 4.40. The molecule has 0 bridgehead atoms. The molecule has 1 heterocycles. The maximum Gasteiger partial charge on any atom is 0.230 e. The van der Waals surface area contributed by atoms with Crippen LogP contribution < -0.4 is 10.6 Å². The molecule has 4 nitrogen and oxygen atoms in total. The molecule has 0 saturated carbocycles. The van der Waals surface area contributed by atoms with Crippen molar-refractivity contribution < 1.29 is 13.9 Å². The van der Waals surface area contributed by atoms with Crippen LogP contribution in [0.4, 0.5) is 4.39 Å². The highest BCUT2D eigenvalue weighted by atomic mass is 19.1. The molecule has 1 aliphatic rings. The molecule has 1 aromatic rings. The van der Waals surface area contributed by atoms with E-state index in [0.29, 0.717) is 12.1 Å². The van der Waals surface area contributed by atoms with Crippen molar-refractivity contribution in [3.8, 4) is 0 Å². The summed E-state index contributed by atoms with van der Waals surface area (Å²) in [6, 6.07) is 6.11. The Morgan fingerprint density at radius 1 is 1.45 bits per heavy atom. The van der Waals surface area contributed by atoms with Gasteiger partial charge in [-0.1, -0.05) is 12.1 Å². The monoisotopic (exact) mass is 280 g/mol. The van der Waals surface area contributed by atoms with E-state index in [2.05, 4.69) is 10.6 Å². The number of rotatable bonds is 4. The highest BCUT2D eigenvalue weighted by Gasteiger charge is 2.35. The van der Waals surface area contributed by atoms with Gasteiger partial charge < -0.3 is 15.4 Å². The summed E-state index contributed by atoms with van der Waals surface area (Å²) < 4.78 is 18.6. The lowest BCUT2D eigenvalue weighted by atomic mass is 9.83. The molecule has 1 fully saturated rings. The first-order valence-corrected chi connectivity index (χ1v) is 6.75. The van der Waals surface area contributed by atoms with E-state index >= 15 is 0 Å². The maximum atomic E-state index is 13.3. The zero-order valence-electron chi connectivity index (χ0n) is 12.1. The second kappa shape index (κ2) is 5.89. The Hall–Kier alpha value is -1.46. The highest BCUT2D eigenvalue weighted by Crippen LogP contribution is 2.24. The van der Waals surface area contributed by atoms with Gasteiger partial charge in [0.15, 0.2) is 0 Å². The molecule has 2 atom stereocenters. The van der Waals surface area contributed by atoms with Crippen LogP contribution in [0.3, 0.4) is 0 Å². The summed E-state index contributed by atoms with van der Waals surface area (Å²) in [4.78, 5) is 12.5. The van der Waals surface area contributed by atoms with E-state index < -0.39 is 5.41 Å². The number of hydrogen-bond acceptors (Lipinski definition) is 3. The molecule has 1 aliphatic heterocycles. The van der Waals surface area contributed by atoms with E-state index in [-0.39, 0.29) is 23.9 Å². The van der Waals surface area contributed by atoms with Crippen LogP contribution in [0.25, 0.3) is 0 Å². The number of methoxy groups -OCH3 is 1. The normalized spacial score (nSPS) is 22.8. The molecule has 1 amide bonds. The van der Waals surface area contributed by atoms with Gasteiger partial charge in [0.2, 0.25) is 5.91 Å². The zero-order chi connectivity index (χ0) is 14.8. The minimum atomic E-state index is -0.789. The van der Waals surface area contributed by atoms with E-state index in [0.717, 1.165) is 6.54 Å². The van der Waals surface area contributed by atoms with Crippen LogP contribution in [0.2, 0.25) is 0 Å². The third-order valence-electron chi connectivity index (χ3n) is 3.89. The van der Waals surface area contributed by atoms with Gasteiger partial charge in [0.25, 0.3) is 0 Å². The van der Waals surface area contributed by atoms with E-state index in [4.69, 9.17) is 4.74 Å². The van der Waals surface area contributed by atoms with Crippen molar-refractivity contribution in [2.75, 3.05) is 20.2 Å². The van der Waals surface area contributed by atoms with Crippen molar-refractivity contribution in [2.45, 2.75) is 31.4 Å². The molecule has 20 heavy (non-hydrogen) atoms. The van der Waals surface area contributed by atoms with E-state index in [1.807, 2.05) is 0 Å². The summed E-state index contributed by atoms with van der Waals surface area (Å²) in [5, 5.41) is 6.17. The number of ether oxygens (including phenoxy) is 1. The van der Waals surface area contributed by atoms with Crippen molar-refractivity contribution in [1.29, 1.82) is 0 Å². The Bertz CT molecular complexity index is 491. The van der Waals surface area contributed by atoms with E-state index in [1.165, 1.54) is 12.1 Å². The molecule has 5 heteroatoms. The molecule has 0 aliphatic carbocycles. The Labute approximate surface area is 118 Å². The first-order chi connectivity index (χ1) is 9.45. The largest absolute Gasteiger partial charge is 0.378 e. The topological polar surface area (TPSA) is 50.4 Å². The van der Waals surface area contributed by atoms with Gasteiger partial charge >= 0.3 is 0 Å². The van der Waals surface area contributed by atoms with E-state index in [9.17, 15) is 9.18 Å². The molecule has 110 valence electrons. The lowest BCUT2D eigenvalue weighted by Gasteiger charge is -2.28. The number of carbonyl (C=O) groups excluding carboxylic acids is 1. The summed E-state index contributed by atoms with van der Waals surface area (Å²) in [7, 11) is 1.63. The molecule has 2 rings (SSSR count). The van der Waals surface area contributed by atoms with E-state index in [1.54, 1.807) is 33.1 Å². The van der Waals surface area contributed by atoms with Crippen LogP contribution in [0.1, 0.15) is 19.4 Å². The molecule has 1 aromatic carbocycles. The minimum Gasteiger partial charge on any atom is -0.378 e. The average Bonchev–Trinajstić information content (AvgIpc) is 2.86. The van der Waals surface area contributed by atoms with Crippen LogP contribution in [0.5, 0.6) is 0 Å². The van der Waals surface area contributed by atoms with Crippen LogP contribution in [-0.4, -0.2) is 38.3 Å². The van der Waals surface area contributed by atoms with Crippen LogP contribution in [-0.2, 0) is 14.9 Å². The van der Waals surface area contributed by atoms with Gasteiger partial charge in [-0.25, -0.2) is 4.39 Å². The molecule has 1 saturated heterocycles. The molecule has 0 aromatic heterocycles. The molecule has 0 radical (unpaired) electrons. The lowest BCUT2D eigenvalue weighted by molar-refractivity contribution is -0.127. The summed E-state index contributed by atoms with van der Waals surface area (Å²) in [6.45, 7) is 4.99. The first-order valence-electron chi connectivity index (χ1n) is 6.75. The fraction of sp³-hybridized carbons (Fsp3) is 0.533. The number of carbonyl (C=O) groups is 1. The van der Waals surface area contributed by atoms with Crippen LogP contribution >= 0.6 is 0 Å². The number of halogens is 1. The fourth-order valence-electron chi connectivity index (χ4n) is 2.40. The van der Waals surface area contributed by atoms with Crippen molar-refractivity contribution in [3.63, 3.8) is 0 Å². The SMILES string of the molecule is CO[C@H]1CNCC1NC(=O)C(C)(C)c1cccc(F)c1. The zero-order valence-corrected chi connectivity index (χ0v) is 12.1. The van der Waals surface area contributed by atoms with Gasteiger partial charge in [0, 0.05) is 20.2 Å². The predicted molar refractivity (Wildman–Crippen MR) is 75.0 cm³/mol. The summed E-state index contributed by atoms with van der Waals surface area (Å²) >= 11 is 0. The Morgan fingerprint density at radius 2 is 2.20 bits per heavy atom. The van der Waals surface area contributed by atoms with Crippen LogP contribution in [0.15, 0.2) is 24.3 Å². The van der Waals surface area contributed by atoms with Crippen LogP contribution in [0, 0.1) is 5.82 Å². The molecular weight excluding hydrogens is 259 g/mol. The summed E-state index contributed by atoms with van der Waals surface area (Å²) in [6.07, 6.45) is -0.0257. The average molecular weight is 280 g/mol. The van der Waals surface area contributed by atoms with Gasteiger partial charge in [0.05, 0.1) is 17.6 Å². The number of benzene rings is 1. The minimum absolute atomic E-state index is 0.0257. The number of nitrogens with one attached hydrogen (secondary N) is 2. The number of amides is 1. The second-order valence-electron chi connectivity index (χ2n) is 5.65. The van der Waals surface area contributed by atoms with Gasteiger partial charge in [0.1, 0.15) is 5.82 Å². The number of hydrogen-bond donors (Lipinski definition) is 2. The molecule has 0 spiro atoms. The third kappa shape index (κ3) is 2.99. The standard InChI is InChI=1S/C15H21FN2O2/c1-15(2,10-5-4-6-11(16)7-10)14(19)18-12-8-17-9-13(12)20-3/h4-7,12-13,17H,8-9H2,1-3H3,(H,18,19)/t12?,13-/m0/s1. The Balaban J connectivity index is 2.11. The lowest BCUT2D eigenvalue weighted by Crippen LogP contribution is -2.50. The van der Waals surface area contributed by atoms with Crippen molar-refractivity contribution in [1.82, 2.24) is 10.6 Å². The highest BCUT2D eigenvalue weighted by molar-refractivity contribution is 5.87. The summed E-state index contributed by atoms with van der Waals surface area (Å²) in [5.41, 5.74) is -0.127. The molecule has 1 unspecified atom stereocenters. The van der Waals surface area contributed by atoms with Crippen molar-refractivity contribution in [3.05, 3.63) is 35.6 Å². The Morgan fingerprint density at radius 3 is 2.85 bits per heavy atom. The van der Waals surface area contributed by atoms with Gasteiger partial charge in [-0.2, -0.15) is 0 Å². The fourth-order valence-corrected chi connectivity index (χ4v) is 2.40. The predicted octanol–water partition coefficient (Wildman–Crippen LogP) is 1.21. The first kappa shape index (κ1) is 14.9. The maximum absolute atomic E-state index is 13.3. The molecular formula is C15H21FN2O2. The van der Waals surface area contributed by atoms with Crippen molar-refractivity contribution in [2.24, 2.45) is 0 Å². The molecule has 2 N–H and O–H groups in total. The smallest absolute Gasteiger partial charge is 0.230 e.